The third-order valence-corrected chi connectivity index (χ3v) is 4.67. The standard InChI is InChI=1S/C24H24O/c1-16(2)22-14-20(12-13-24(22)25-5)19-11-10-18(4)23(15-19)21-9-7-6-8-17(21)3/h6-15H,1H2,2-5H3. The molecule has 0 saturated carbocycles. The molecule has 0 aromatic heterocycles. The Morgan fingerprint density at radius 3 is 2.12 bits per heavy atom. The molecule has 0 amide bonds. The molecule has 126 valence electrons. The number of hydrogen-bond acceptors (Lipinski definition) is 1. The molecular formula is C24H24O. The second-order valence-corrected chi connectivity index (χ2v) is 6.54. The Labute approximate surface area is 150 Å². The zero-order valence-electron chi connectivity index (χ0n) is 15.4. The van der Waals surface area contributed by atoms with Crippen molar-refractivity contribution < 1.29 is 4.74 Å². The molecule has 0 bridgehead atoms. The quantitative estimate of drug-likeness (QED) is 0.519. The Bertz CT molecular complexity index is 935. The molecule has 3 aromatic rings. The van der Waals surface area contributed by atoms with Crippen LogP contribution in [0.15, 0.2) is 67.2 Å². The Morgan fingerprint density at radius 1 is 0.800 bits per heavy atom. The summed E-state index contributed by atoms with van der Waals surface area (Å²) < 4.78 is 5.46. The highest BCUT2D eigenvalue weighted by atomic mass is 16.5. The molecule has 0 aliphatic carbocycles. The maximum absolute atomic E-state index is 5.46. The lowest BCUT2D eigenvalue weighted by molar-refractivity contribution is 0.413. The average Bonchev–Trinajstić information content (AvgIpc) is 2.62. The molecule has 25 heavy (non-hydrogen) atoms. The van der Waals surface area contributed by atoms with Gasteiger partial charge in [-0.25, -0.2) is 0 Å². The zero-order chi connectivity index (χ0) is 18.0. The van der Waals surface area contributed by atoms with Gasteiger partial charge in [-0.1, -0.05) is 49.0 Å². The lowest BCUT2D eigenvalue weighted by Crippen LogP contribution is -1.92. The van der Waals surface area contributed by atoms with Crippen molar-refractivity contribution >= 4 is 5.57 Å². The molecule has 0 aliphatic rings. The lowest BCUT2D eigenvalue weighted by Gasteiger charge is -2.14. The summed E-state index contributed by atoms with van der Waals surface area (Å²) in [6.07, 6.45) is 0. The van der Waals surface area contributed by atoms with E-state index in [1.54, 1.807) is 7.11 Å². The van der Waals surface area contributed by atoms with E-state index in [0.717, 1.165) is 16.9 Å². The van der Waals surface area contributed by atoms with Gasteiger partial charge < -0.3 is 4.74 Å². The topological polar surface area (TPSA) is 9.23 Å². The highest BCUT2D eigenvalue weighted by molar-refractivity contribution is 5.79. The fraction of sp³-hybridized carbons (Fsp3) is 0.167. The van der Waals surface area contributed by atoms with E-state index in [1.165, 1.54) is 33.4 Å². The van der Waals surface area contributed by atoms with Gasteiger partial charge in [0.2, 0.25) is 0 Å². The van der Waals surface area contributed by atoms with E-state index in [1.807, 2.05) is 13.0 Å². The average molecular weight is 328 g/mol. The normalized spacial score (nSPS) is 10.6. The summed E-state index contributed by atoms with van der Waals surface area (Å²) in [7, 11) is 1.70. The smallest absolute Gasteiger partial charge is 0.126 e. The number of benzene rings is 3. The molecule has 1 nitrogen and oxygen atoms in total. The minimum absolute atomic E-state index is 0.863. The first kappa shape index (κ1) is 17.0. The molecule has 0 saturated heterocycles. The number of methoxy groups -OCH3 is 1. The SMILES string of the molecule is C=C(C)c1cc(-c2ccc(C)c(-c3ccccc3C)c2)ccc1OC. The zero-order valence-corrected chi connectivity index (χ0v) is 15.4. The van der Waals surface area contributed by atoms with Crippen molar-refractivity contribution in [2.75, 3.05) is 7.11 Å². The van der Waals surface area contributed by atoms with Crippen LogP contribution in [0.1, 0.15) is 23.6 Å². The molecule has 3 rings (SSSR count). The van der Waals surface area contributed by atoms with Crippen molar-refractivity contribution in [2.24, 2.45) is 0 Å². The van der Waals surface area contributed by atoms with E-state index < -0.39 is 0 Å². The van der Waals surface area contributed by atoms with Crippen molar-refractivity contribution in [1.29, 1.82) is 0 Å². The fourth-order valence-corrected chi connectivity index (χ4v) is 3.19. The minimum Gasteiger partial charge on any atom is -0.496 e. The number of hydrogen-bond donors (Lipinski definition) is 0. The molecule has 1 heteroatoms. The van der Waals surface area contributed by atoms with Crippen LogP contribution < -0.4 is 4.74 Å². The van der Waals surface area contributed by atoms with Crippen molar-refractivity contribution in [2.45, 2.75) is 20.8 Å². The molecule has 0 unspecified atom stereocenters. The summed E-state index contributed by atoms with van der Waals surface area (Å²) in [4.78, 5) is 0. The molecule has 0 radical (unpaired) electrons. The van der Waals surface area contributed by atoms with Gasteiger partial charge in [-0.2, -0.15) is 0 Å². The van der Waals surface area contributed by atoms with Crippen molar-refractivity contribution in [1.82, 2.24) is 0 Å². The molecular weight excluding hydrogens is 304 g/mol. The number of ether oxygens (including phenoxy) is 1. The summed E-state index contributed by atoms with van der Waals surface area (Å²) in [5, 5.41) is 0. The first-order valence-electron chi connectivity index (χ1n) is 8.52. The van der Waals surface area contributed by atoms with Crippen LogP contribution in [0, 0.1) is 13.8 Å². The summed E-state index contributed by atoms with van der Waals surface area (Å²) in [6.45, 7) is 10.4. The van der Waals surface area contributed by atoms with Gasteiger partial charge in [-0.05, 0) is 77.9 Å². The molecule has 0 heterocycles. The van der Waals surface area contributed by atoms with E-state index >= 15 is 0 Å². The summed E-state index contributed by atoms with van der Waals surface area (Å²) in [6, 6.07) is 21.5. The highest BCUT2D eigenvalue weighted by Gasteiger charge is 2.10. The van der Waals surface area contributed by atoms with Gasteiger partial charge in [0.1, 0.15) is 5.75 Å². The van der Waals surface area contributed by atoms with Crippen LogP contribution in [0.5, 0.6) is 5.75 Å². The third kappa shape index (κ3) is 3.36. The predicted molar refractivity (Wildman–Crippen MR) is 108 cm³/mol. The first-order valence-corrected chi connectivity index (χ1v) is 8.52. The van der Waals surface area contributed by atoms with Gasteiger partial charge in [0, 0.05) is 5.56 Å². The van der Waals surface area contributed by atoms with E-state index in [-0.39, 0.29) is 0 Å². The predicted octanol–water partition coefficient (Wildman–Crippen LogP) is 6.68. The molecule has 0 fully saturated rings. The minimum atomic E-state index is 0.863. The summed E-state index contributed by atoms with van der Waals surface area (Å²) >= 11 is 0. The Kier molecular flexibility index (Phi) is 4.76. The van der Waals surface area contributed by atoms with Crippen LogP contribution in [0.3, 0.4) is 0 Å². The first-order chi connectivity index (χ1) is 12.0. The van der Waals surface area contributed by atoms with E-state index in [4.69, 9.17) is 4.74 Å². The molecule has 0 spiro atoms. The molecule has 0 aliphatic heterocycles. The number of aryl methyl sites for hydroxylation is 2. The van der Waals surface area contributed by atoms with Crippen molar-refractivity contribution in [3.05, 3.63) is 83.9 Å². The van der Waals surface area contributed by atoms with Crippen LogP contribution in [0.25, 0.3) is 27.8 Å². The van der Waals surface area contributed by atoms with E-state index in [2.05, 4.69) is 75.0 Å². The van der Waals surface area contributed by atoms with Crippen LogP contribution in [0.4, 0.5) is 0 Å². The van der Waals surface area contributed by atoms with Crippen LogP contribution in [0.2, 0.25) is 0 Å². The van der Waals surface area contributed by atoms with Crippen LogP contribution in [-0.2, 0) is 0 Å². The van der Waals surface area contributed by atoms with Crippen LogP contribution in [-0.4, -0.2) is 7.11 Å². The number of allylic oxidation sites excluding steroid dienone is 1. The van der Waals surface area contributed by atoms with Gasteiger partial charge in [0.25, 0.3) is 0 Å². The maximum atomic E-state index is 5.46. The van der Waals surface area contributed by atoms with E-state index in [0.29, 0.717) is 0 Å². The fourth-order valence-electron chi connectivity index (χ4n) is 3.19. The Hall–Kier alpha value is -2.80. The van der Waals surface area contributed by atoms with E-state index in [9.17, 15) is 0 Å². The van der Waals surface area contributed by atoms with Gasteiger partial charge in [0.05, 0.1) is 7.11 Å². The molecule has 3 aromatic carbocycles. The second-order valence-electron chi connectivity index (χ2n) is 6.54. The Balaban J connectivity index is 2.14. The van der Waals surface area contributed by atoms with Gasteiger partial charge in [0.15, 0.2) is 0 Å². The van der Waals surface area contributed by atoms with Crippen LogP contribution >= 0.6 is 0 Å². The second kappa shape index (κ2) is 6.98. The maximum Gasteiger partial charge on any atom is 0.126 e. The third-order valence-electron chi connectivity index (χ3n) is 4.67. The van der Waals surface area contributed by atoms with Gasteiger partial charge in [-0.15, -0.1) is 0 Å². The molecule has 0 N–H and O–H groups in total. The molecule has 0 atom stereocenters. The van der Waals surface area contributed by atoms with Crippen molar-refractivity contribution in [3.8, 4) is 28.0 Å². The summed E-state index contributed by atoms with van der Waals surface area (Å²) in [5.41, 5.74) is 9.58. The monoisotopic (exact) mass is 328 g/mol. The lowest BCUT2D eigenvalue weighted by atomic mass is 9.92. The number of rotatable bonds is 4. The highest BCUT2D eigenvalue weighted by Crippen LogP contribution is 2.34. The van der Waals surface area contributed by atoms with Crippen molar-refractivity contribution in [3.63, 3.8) is 0 Å². The van der Waals surface area contributed by atoms with Gasteiger partial charge >= 0.3 is 0 Å². The summed E-state index contributed by atoms with van der Waals surface area (Å²) in [5.74, 6) is 0.863. The van der Waals surface area contributed by atoms with Gasteiger partial charge in [-0.3, -0.25) is 0 Å². The Morgan fingerprint density at radius 2 is 1.44 bits per heavy atom. The largest absolute Gasteiger partial charge is 0.496 e.